The zero-order valence-corrected chi connectivity index (χ0v) is 6.71. The summed E-state index contributed by atoms with van der Waals surface area (Å²) in [7, 11) is 0. The summed E-state index contributed by atoms with van der Waals surface area (Å²) in [6.07, 6.45) is 3.38. The fourth-order valence-corrected chi connectivity index (χ4v) is 1.14. The molecule has 0 amide bonds. The van der Waals surface area contributed by atoms with E-state index in [1.807, 2.05) is 13.0 Å². The molecule has 0 saturated heterocycles. The molecular formula is C7H6ClN3. The fourth-order valence-electron chi connectivity index (χ4n) is 0.999. The molecule has 0 aromatic carbocycles. The van der Waals surface area contributed by atoms with Gasteiger partial charge in [-0.1, -0.05) is 11.6 Å². The van der Waals surface area contributed by atoms with E-state index in [1.54, 1.807) is 16.9 Å². The molecule has 0 N–H and O–H groups in total. The van der Waals surface area contributed by atoms with Crippen molar-refractivity contribution in [2.45, 2.75) is 6.92 Å². The number of aryl methyl sites for hydroxylation is 1. The van der Waals surface area contributed by atoms with E-state index in [0.29, 0.717) is 5.15 Å². The number of rotatable bonds is 0. The minimum atomic E-state index is 0.459. The Labute approximate surface area is 68.6 Å². The monoisotopic (exact) mass is 167 g/mol. The van der Waals surface area contributed by atoms with Gasteiger partial charge in [0.25, 0.3) is 0 Å². The predicted molar refractivity (Wildman–Crippen MR) is 42.7 cm³/mol. The molecule has 2 rings (SSSR count). The minimum absolute atomic E-state index is 0.459. The van der Waals surface area contributed by atoms with Crippen molar-refractivity contribution in [2.24, 2.45) is 0 Å². The Morgan fingerprint density at radius 1 is 1.55 bits per heavy atom. The van der Waals surface area contributed by atoms with Gasteiger partial charge in [-0.2, -0.15) is 5.10 Å². The lowest BCUT2D eigenvalue weighted by atomic mass is 10.4. The molecular weight excluding hydrogens is 162 g/mol. The molecule has 0 bridgehead atoms. The molecule has 2 heterocycles. The van der Waals surface area contributed by atoms with E-state index >= 15 is 0 Å². The maximum atomic E-state index is 5.66. The van der Waals surface area contributed by atoms with Crippen molar-refractivity contribution in [1.29, 1.82) is 0 Å². The van der Waals surface area contributed by atoms with Crippen molar-refractivity contribution in [3.63, 3.8) is 0 Å². The van der Waals surface area contributed by atoms with Crippen LogP contribution in [0.1, 0.15) is 5.69 Å². The summed E-state index contributed by atoms with van der Waals surface area (Å²) in [4.78, 5) is 3.93. The average Bonchev–Trinajstić information content (AvgIpc) is 2.27. The predicted octanol–water partition coefficient (Wildman–Crippen LogP) is 1.69. The van der Waals surface area contributed by atoms with Crippen LogP contribution in [0, 0.1) is 6.92 Å². The first-order chi connectivity index (χ1) is 5.25. The summed E-state index contributed by atoms with van der Waals surface area (Å²) >= 11 is 5.66. The SMILES string of the molecule is Cc1cc2cnc(Cl)cn2n1. The Kier molecular flexibility index (Phi) is 1.32. The molecule has 4 heteroatoms. The second-order valence-electron chi connectivity index (χ2n) is 2.37. The number of aromatic nitrogens is 3. The Morgan fingerprint density at radius 2 is 2.36 bits per heavy atom. The van der Waals surface area contributed by atoms with Crippen molar-refractivity contribution in [3.05, 3.63) is 29.3 Å². The molecule has 0 atom stereocenters. The van der Waals surface area contributed by atoms with Gasteiger partial charge in [0, 0.05) is 0 Å². The number of halogens is 1. The third-order valence-electron chi connectivity index (χ3n) is 1.44. The van der Waals surface area contributed by atoms with Crippen molar-refractivity contribution in [1.82, 2.24) is 14.6 Å². The molecule has 0 spiro atoms. The maximum Gasteiger partial charge on any atom is 0.147 e. The Balaban J connectivity index is 2.82. The van der Waals surface area contributed by atoms with Crippen LogP contribution in [-0.2, 0) is 0 Å². The van der Waals surface area contributed by atoms with Gasteiger partial charge in [0.15, 0.2) is 0 Å². The van der Waals surface area contributed by atoms with Crippen LogP contribution in [0.3, 0.4) is 0 Å². The highest BCUT2D eigenvalue weighted by atomic mass is 35.5. The van der Waals surface area contributed by atoms with Crippen LogP contribution in [0.2, 0.25) is 5.15 Å². The van der Waals surface area contributed by atoms with Crippen LogP contribution in [0.25, 0.3) is 5.52 Å². The minimum Gasteiger partial charge on any atom is -0.241 e. The molecule has 0 unspecified atom stereocenters. The average molecular weight is 168 g/mol. The molecule has 0 fully saturated rings. The zero-order valence-electron chi connectivity index (χ0n) is 5.95. The topological polar surface area (TPSA) is 30.2 Å². The molecule has 0 saturated carbocycles. The molecule has 2 aromatic heterocycles. The molecule has 3 nitrogen and oxygen atoms in total. The van der Waals surface area contributed by atoms with Gasteiger partial charge < -0.3 is 0 Å². The first kappa shape index (κ1) is 6.61. The first-order valence-corrected chi connectivity index (χ1v) is 3.61. The second-order valence-corrected chi connectivity index (χ2v) is 2.75. The van der Waals surface area contributed by atoms with Crippen LogP contribution in [0.15, 0.2) is 18.5 Å². The van der Waals surface area contributed by atoms with Crippen molar-refractivity contribution in [2.75, 3.05) is 0 Å². The largest absolute Gasteiger partial charge is 0.241 e. The quantitative estimate of drug-likeness (QED) is 0.598. The van der Waals surface area contributed by atoms with Gasteiger partial charge in [-0.25, -0.2) is 9.50 Å². The van der Waals surface area contributed by atoms with Crippen molar-refractivity contribution in [3.8, 4) is 0 Å². The lowest BCUT2D eigenvalue weighted by Crippen LogP contribution is -1.87. The number of fused-ring (bicyclic) bond motifs is 1. The summed E-state index contributed by atoms with van der Waals surface area (Å²) in [5.41, 5.74) is 1.93. The maximum absolute atomic E-state index is 5.66. The van der Waals surface area contributed by atoms with Crippen LogP contribution < -0.4 is 0 Å². The van der Waals surface area contributed by atoms with Gasteiger partial charge in [0.05, 0.1) is 23.6 Å². The zero-order chi connectivity index (χ0) is 7.84. The lowest BCUT2D eigenvalue weighted by Gasteiger charge is -1.90. The van der Waals surface area contributed by atoms with E-state index in [1.165, 1.54) is 0 Å². The van der Waals surface area contributed by atoms with Gasteiger partial charge in [0.1, 0.15) is 5.15 Å². The normalized spacial score (nSPS) is 10.7. The van der Waals surface area contributed by atoms with Crippen LogP contribution >= 0.6 is 11.6 Å². The van der Waals surface area contributed by atoms with Crippen molar-refractivity contribution >= 4 is 17.1 Å². The summed E-state index contributed by atoms with van der Waals surface area (Å²) < 4.78 is 1.71. The summed E-state index contributed by atoms with van der Waals surface area (Å²) in [6.45, 7) is 1.93. The fraction of sp³-hybridized carbons (Fsp3) is 0.143. The van der Waals surface area contributed by atoms with Crippen LogP contribution in [0.5, 0.6) is 0 Å². The van der Waals surface area contributed by atoms with E-state index in [2.05, 4.69) is 10.1 Å². The second kappa shape index (κ2) is 2.20. The summed E-state index contributed by atoms with van der Waals surface area (Å²) in [5, 5.41) is 4.63. The number of hydrogen-bond donors (Lipinski definition) is 0. The number of hydrogen-bond acceptors (Lipinski definition) is 2. The molecule has 0 radical (unpaired) electrons. The van der Waals surface area contributed by atoms with E-state index in [9.17, 15) is 0 Å². The van der Waals surface area contributed by atoms with Crippen molar-refractivity contribution < 1.29 is 0 Å². The standard InChI is InChI=1S/C7H6ClN3/c1-5-2-6-3-9-7(8)4-11(6)10-5/h2-4H,1H3. The van der Waals surface area contributed by atoms with E-state index in [4.69, 9.17) is 11.6 Å². The van der Waals surface area contributed by atoms with Gasteiger partial charge in [0.2, 0.25) is 0 Å². The number of nitrogens with zero attached hydrogens (tertiary/aromatic N) is 3. The molecule has 11 heavy (non-hydrogen) atoms. The molecule has 0 aliphatic carbocycles. The highest BCUT2D eigenvalue weighted by Gasteiger charge is 1.97. The smallest absolute Gasteiger partial charge is 0.147 e. The molecule has 2 aromatic rings. The van der Waals surface area contributed by atoms with Crippen LogP contribution in [0.4, 0.5) is 0 Å². The summed E-state index contributed by atoms with van der Waals surface area (Å²) in [5.74, 6) is 0. The molecule has 0 aliphatic rings. The van der Waals surface area contributed by atoms with Crippen LogP contribution in [-0.4, -0.2) is 14.6 Å². The third-order valence-corrected chi connectivity index (χ3v) is 1.63. The van der Waals surface area contributed by atoms with Gasteiger partial charge in [-0.3, -0.25) is 0 Å². The Morgan fingerprint density at radius 3 is 3.18 bits per heavy atom. The highest BCUT2D eigenvalue weighted by molar-refractivity contribution is 6.29. The van der Waals surface area contributed by atoms with Gasteiger partial charge >= 0.3 is 0 Å². The Hall–Kier alpha value is -1.09. The van der Waals surface area contributed by atoms with E-state index in [-0.39, 0.29) is 0 Å². The van der Waals surface area contributed by atoms with E-state index in [0.717, 1.165) is 11.2 Å². The first-order valence-electron chi connectivity index (χ1n) is 3.23. The Bertz CT molecular complexity index is 393. The molecule has 56 valence electrons. The summed E-state index contributed by atoms with van der Waals surface area (Å²) in [6, 6.07) is 1.95. The highest BCUT2D eigenvalue weighted by Crippen LogP contribution is 2.07. The molecule has 0 aliphatic heterocycles. The van der Waals surface area contributed by atoms with E-state index < -0.39 is 0 Å². The third kappa shape index (κ3) is 1.07. The van der Waals surface area contributed by atoms with Gasteiger partial charge in [-0.15, -0.1) is 0 Å². The van der Waals surface area contributed by atoms with Gasteiger partial charge in [-0.05, 0) is 13.0 Å². The lowest BCUT2D eigenvalue weighted by molar-refractivity contribution is 0.922.